The minimum atomic E-state index is -3.37. The van der Waals surface area contributed by atoms with Crippen LogP contribution < -0.4 is 10.0 Å². The Morgan fingerprint density at radius 2 is 1.93 bits per heavy atom. The predicted molar refractivity (Wildman–Crippen MR) is 48.1 cm³/mol. The number of nitrogens with zero attached hydrogens (tertiary/aromatic N) is 1. The Morgan fingerprint density at radius 1 is 1.33 bits per heavy atom. The molecule has 1 aliphatic heterocycles. The Balaban J connectivity index is 2.50. The molecule has 0 unspecified atom stereocenters. The summed E-state index contributed by atoms with van der Waals surface area (Å²) < 4.78 is 23.4. The van der Waals surface area contributed by atoms with Gasteiger partial charge in [0.1, 0.15) is 0 Å². The number of carbonyl (C=O) groups excluding carboxylic acids is 3. The van der Waals surface area contributed by atoms with E-state index in [1.165, 1.54) is 0 Å². The third kappa shape index (κ3) is 2.99. The average molecular weight is 235 g/mol. The molecule has 0 atom stereocenters. The van der Waals surface area contributed by atoms with Crippen LogP contribution in [-0.4, -0.2) is 50.5 Å². The first-order valence-electron chi connectivity index (χ1n) is 3.93. The van der Waals surface area contributed by atoms with Gasteiger partial charge in [-0.3, -0.25) is 19.8 Å². The number of hydrogen-bond donors (Lipinski definition) is 2. The molecule has 1 heterocycles. The number of hydrogen-bond acceptors (Lipinski definition) is 5. The van der Waals surface area contributed by atoms with Crippen molar-refractivity contribution in [2.75, 3.05) is 19.3 Å². The maximum atomic E-state index is 11.0. The number of carbonyl (C=O) groups is 3. The first kappa shape index (κ1) is 11.6. The van der Waals surface area contributed by atoms with E-state index in [0.717, 1.165) is 6.26 Å². The summed E-state index contributed by atoms with van der Waals surface area (Å²) in [4.78, 5) is 33.3. The molecule has 0 bridgehead atoms. The second-order valence-electron chi connectivity index (χ2n) is 2.88. The summed E-state index contributed by atoms with van der Waals surface area (Å²) in [6, 6.07) is -0.833. The Morgan fingerprint density at radius 3 is 2.33 bits per heavy atom. The van der Waals surface area contributed by atoms with Gasteiger partial charge in [0.05, 0.1) is 6.26 Å². The standard InChI is InChI=1S/C6H9N3O5S/c1-15(13,14)7-2-3-9-5(11)4(10)8-6(9)12/h7H,2-3H2,1H3,(H,8,10,12). The molecule has 0 aromatic heterocycles. The Hall–Kier alpha value is -1.48. The second-order valence-corrected chi connectivity index (χ2v) is 4.72. The van der Waals surface area contributed by atoms with Gasteiger partial charge in [0.25, 0.3) is 0 Å². The quantitative estimate of drug-likeness (QED) is 0.417. The van der Waals surface area contributed by atoms with Crippen LogP contribution in [0.3, 0.4) is 0 Å². The van der Waals surface area contributed by atoms with Crippen molar-refractivity contribution < 1.29 is 22.8 Å². The molecule has 0 radical (unpaired) electrons. The van der Waals surface area contributed by atoms with Crippen LogP contribution in [0.25, 0.3) is 0 Å². The minimum Gasteiger partial charge on any atom is -0.269 e. The summed E-state index contributed by atoms with van der Waals surface area (Å²) in [6.45, 7) is -0.297. The van der Waals surface area contributed by atoms with Crippen LogP contribution in [0, 0.1) is 0 Å². The van der Waals surface area contributed by atoms with Crippen molar-refractivity contribution in [2.45, 2.75) is 0 Å². The number of amides is 4. The highest BCUT2D eigenvalue weighted by Gasteiger charge is 2.36. The van der Waals surface area contributed by atoms with Gasteiger partial charge in [-0.15, -0.1) is 0 Å². The van der Waals surface area contributed by atoms with Crippen molar-refractivity contribution in [2.24, 2.45) is 0 Å². The van der Waals surface area contributed by atoms with Gasteiger partial charge in [-0.1, -0.05) is 0 Å². The molecule has 1 aliphatic rings. The molecule has 0 saturated carbocycles. The van der Waals surface area contributed by atoms with Crippen LogP contribution in [-0.2, 0) is 19.6 Å². The zero-order chi connectivity index (χ0) is 11.6. The van der Waals surface area contributed by atoms with Crippen LogP contribution in [0.5, 0.6) is 0 Å². The summed E-state index contributed by atoms with van der Waals surface area (Å²) in [5.74, 6) is -1.98. The van der Waals surface area contributed by atoms with Gasteiger partial charge < -0.3 is 0 Å². The van der Waals surface area contributed by atoms with E-state index in [2.05, 4.69) is 4.72 Å². The molecule has 9 heteroatoms. The second kappa shape index (κ2) is 3.95. The van der Waals surface area contributed by atoms with E-state index in [4.69, 9.17) is 0 Å². The van der Waals surface area contributed by atoms with Gasteiger partial charge in [0.2, 0.25) is 10.0 Å². The van der Waals surface area contributed by atoms with Gasteiger partial charge in [-0.2, -0.15) is 0 Å². The molecule has 0 aliphatic carbocycles. The fourth-order valence-electron chi connectivity index (χ4n) is 0.979. The van der Waals surface area contributed by atoms with Gasteiger partial charge >= 0.3 is 17.8 Å². The van der Waals surface area contributed by atoms with E-state index in [1.807, 2.05) is 0 Å². The summed E-state index contributed by atoms with van der Waals surface area (Å²) in [6.07, 6.45) is 0.948. The molecule has 2 N–H and O–H groups in total. The van der Waals surface area contributed by atoms with Crippen molar-refractivity contribution in [1.29, 1.82) is 0 Å². The lowest BCUT2D eigenvalue weighted by Crippen LogP contribution is -2.38. The molecule has 0 aromatic rings. The molecule has 0 aromatic carbocycles. The SMILES string of the molecule is CS(=O)(=O)NCCN1C(=O)NC(=O)C1=O. The van der Waals surface area contributed by atoms with Crippen LogP contribution >= 0.6 is 0 Å². The van der Waals surface area contributed by atoms with Crippen LogP contribution in [0.15, 0.2) is 0 Å². The molecule has 1 fully saturated rings. The number of imide groups is 2. The van der Waals surface area contributed by atoms with Gasteiger partial charge in [-0.05, 0) is 0 Å². The lowest BCUT2D eigenvalue weighted by atomic mass is 10.5. The third-order valence-electron chi connectivity index (χ3n) is 1.60. The monoisotopic (exact) mass is 235 g/mol. The van der Waals surface area contributed by atoms with Crippen LogP contribution in [0.4, 0.5) is 4.79 Å². The summed E-state index contributed by atoms with van der Waals surface area (Å²) >= 11 is 0. The fourth-order valence-corrected chi connectivity index (χ4v) is 1.44. The molecule has 1 rings (SSSR count). The van der Waals surface area contributed by atoms with Crippen LogP contribution in [0.1, 0.15) is 0 Å². The van der Waals surface area contributed by atoms with E-state index in [0.29, 0.717) is 4.90 Å². The van der Waals surface area contributed by atoms with Gasteiger partial charge in [0.15, 0.2) is 0 Å². The molecular weight excluding hydrogens is 226 g/mol. The predicted octanol–water partition coefficient (Wildman–Crippen LogP) is -2.39. The highest BCUT2D eigenvalue weighted by atomic mass is 32.2. The van der Waals surface area contributed by atoms with Gasteiger partial charge in [0, 0.05) is 13.1 Å². The summed E-state index contributed by atoms with van der Waals surface area (Å²) in [5.41, 5.74) is 0. The summed E-state index contributed by atoms with van der Waals surface area (Å²) in [7, 11) is -3.37. The molecule has 84 valence electrons. The number of urea groups is 1. The van der Waals surface area contributed by atoms with E-state index >= 15 is 0 Å². The lowest BCUT2D eigenvalue weighted by molar-refractivity contribution is -0.140. The van der Waals surface area contributed by atoms with E-state index in [1.54, 1.807) is 5.32 Å². The fraction of sp³-hybridized carbons (Fsp3) is 0.500. The third-order valence-corrected chi connectivity index (χ3v) is 2.33. The van der Waals surface area contributed by atoms with E-state index in [9.17, 15) is 22.8 Å². The van der Waals surface area contributed by atoms with Crippen LogP contribution in [0.2, 0.25) is 0 Å². The smallest absolute Gasteiger partial charge is 0.269 e. The largest absolute Gasteiger partial charge is 0.331 e. The first-order valence-corrected chi connectivity index (χ1v) is 5.82. The van der Waals surface area contributed by atoms with Crippen molar-refractivity contribution in [3.63, 3.8) is 0 Å². The highest BCUT2D eigenvalue weighted by Crippen LogP contribution is 1.98. The summed E-state index contributed by atoms with van der Waals surface area (Å²) in [5, 5.41) is 1.79. The number of sulfonamides is 1. The van der Waals surface area contributed by atoms with Crippen molar-refractivity contribution >= 4 is 27.9 Å². The Labute approximate surface area is 85.7 Å². The Kier molecular flexibility index (Phi) is 3.05. The Bertz CT molecular complexity index is 414. The first-order chi connectivity index (χ1) is 6.81. The van der Waals surface area contributed by atoms with Crippen molar-refractivity contribution in [3.05, 3.63) is 0 Å². The number of nitrogens with one attached hydrogen (secondary N) is 2. The highest BCUT2D eigenvalue weighted by molar-refractivity contribution is 7.88. The van der Waals surface area contributed by atoms with Crippen molar-refractivity contribution in [3.8, 4) is 0 Å². The van der Waals surface area contributed by atoms with E-state index < -0.39 is 27.9 Å². The molecule has 15 heavy (non-hydrogen) atoms. The average Bonchev–Trinajstić information content (AvgIpc) is 2.29. The van der Waals surface area contributed by atoms with Crippen molar-refractivity contribution in [1.82, 2.24) is 14.9 Å². The minimum absolute atomic E-state index is 0.120. The molecule has 8 nitrogen and oxygen atoms in total. The topological polar surface area (TPSA) is 113 Å². The molecular formula is C6H9N3O5S. The molecule has 1 saturated heterocycles. The maximum absolute atomic E-state index is 11.0. The molecule has 0 spiro atoms. The van der Waals surface area contributed by atoms with Gasteiger partial charge in [-0.25, -0.2) is 17.9 Å². The molecule has 4 amide bonds. The maximum Gasteiger partial charge on any atom is 0.331 e. The zero-order valence-corrected chi connectivity index (χ0v) is 8.63. The normalized spacial score (nSPS) is 17.1. The van der Waals surface area contributed by atoms with E-state index in [-0.39, 0.29) is 13.1 Å². The lowest BCUT2D eigenvalue weighted by Gasteiger charge is -2.10. The number of rotatable bonds is 4. The zero-order valence-electron chi connectivity index (χ0n) is 7.81.